The predicted octanol–water partition coefficient (Wildman–Crippen LogP) is 2.05. The summed E-state index contributed by atoms with van der Waals surface area (Å²) < 4.78 is 4.77. The first kappa shape index (κ1) is 11.5. The van der Waals surface area contributed by atoms with Gasteiger partial charge in [0.05, 0.1) is 0 Å². The fourth-order valence-corrected chi connectivity index (χ4v) is 1.39. The summed E-state index contributed by atoms with van der Waals surface area (Å²) in [6.45, 7) is 1.21. The Kier molecular flexibility index (Phi) is 3.68. The van der Waals surface area contributed by atoms with Crippen LogP contribution < -0.4 is 4.74 Å². The first-order valence-corrected chi connectivity index (χ1v) is 4.69. The molecule has 0 aliphatic carbocycles. The van der Waals surface area contributed by atoms with Crippen LogP contribution in [0.4, 0.5) is 0 Å². The molecule has 0 saturated heterocycles. The van der Waals surface area contributed by atoms with Gasteiger partial charge in [0.1, 0.15) is 11.3 Å². The minimum Gasteiger partial charge on any atom is -0.478 e. The number of carboxylic acids is 1. The Bertz CT molecular complexity index is 400. The van der Waals surface area contributed by atoms with Gasteiger partial charge < -0.3 is 9.84 Å². The molecule has 0 saturated carbocycles. The molecule has 5 heteroatoms. The summed E-state index contributed by atoms with van der Waals surface area (Å²) in [5, 5.41) is 8.94. The molecule has 0 atom stereocenters. The Morgan fingerprint density at radius 2 is 2.13 bits per heavy atom. The molecule has 80 valence electrons. The van der Waals surface area contributed by atoms with Gasteiger partial charge in [-0.2, -0.15) is 0 Å². The number of carboxylic acid groups (broad SMARTS) is 1. The largest absolute Gasteiger partial charge is 0.478 e. The maximum atomic E-state index is 10.9. The molecule has 4 nitrogen and oxygen atoms in total. The smallest absolute Gasteiger partial charge is 0.339 e. The first-order chi connectivity index (χ1) is 7.06. The van der Waals surface area contributed by atoms with E-state index >= 15 is 0 Å². The number of carbonyl (C=O) groups is 2. The Labute approximate surface area is 91.4 Å². The molecule has 0 spiro atoms. The number of carbonyl (C=O) groups excluding carboxylic acids is 1. The molecule has 1 aromatic carbocycles. The van der Waals surface area contributed by atoms with Crippen molar-refractivity contribution in [2.45, 2.75) is 12.8 Å². The van der Waals surface area contributed by atoms with E-state index in [-0.39, 0.29) is 17.2 Å². The number of aromatic carboxylic acids is 1. The van der Waals surface area contributed by atoms with Crippen LogP contribution in [0.25, 0.3) is 0 Å². The van der Waals surface area contributed by atoms with Gasteiger partial charge in [0.25, 0.3) is 0 Å². The van der Waals surface area contributed by atoms with Gasteiger partial charge in [-0.05, 0) is 11.6 Å². The molecule has 15 heavy (non-hydrogen) atoms. The van der Waals surface area contributed by atoms with Gasteiger partial charge in [-0.1, -0.05) is 12.1 Å². The average Bonchev–Trinajstić information content (AvgIpc) is 2.15. The van der Waals surface area contributed by atoms with Gasteiger partial charge in [-0.3, -0.25) is 4.79 Å². The lowest BCUT2D eigenvalue weighted by Gasteiger charge is -2.08. The van der Waals surface area contributed by atoms with Crippen LogP contribution in [0, 0.1) is 0 Å². The Balaban J connectivity index is 3.25. The van der Waals surface area contributed by atoms with Gasteiger partial charge in [0, 0.05) is 12.8 Å². The van der Waals surface area contributed by atoms with E-state index in [4.69, 9.17) is 21.4 Å². The average molecular weight is 229 g/mol. The molecule has 1 rings (SSSR count). The van der Waals surface area contributed by atoms with Crippen molar-refractivity contribution < 1.29 is 19.4 Å². The summed E-state index contributed by atoms with van der Waals surface area (Å²) in [6, 6.07) is 4.58. The SMILES string of the molecule is CC(=O)Oc1cccc(CCl)c1C(=O)O. The quantitative estimate of drug-likeness (QED) is 0.489. The lowest BCUT2D eigenvalue weighted by molar-refractivity contribution is -0.131. The number of halogens is 1. The number of ether oxygens (including phenoxy) is 1. The third-order valence-corrected chi connectivity index (χ3v) is 2.01. The third kappa shape index (κ3) is 2.70. The summed E-state index contributed by atoms with van der Waals surface area (Å²) in [4.78, 5) is 21.7. The normalized spacial score (nSPS) is 9.73. The fourth-order valence-electron chi connectivity index (χ4n) is 1.17. The van der Waals surface area contributed by atoms with E-state index in [1.54, 1.807) is 12.1 Å². The Morgan fingerprint density at radius 1 is 1.47 bits per heavy atom. The van der Waals surface area contributed by atoms with Gasteiger partial charge in [0.2, 0.25) is 0 Å². The third-order valence-electron chi connectivity index (χ3n) is 1.72. The number of rotatable bonds is 3. The maximum absolute atomic E-state index is 10.9. The molecule has 0 aromatic heterocycles. The Hall–Kier alpha value is -1.55. The maximum Gasteiger partial charge on any atom is 0.339 e. The molecular formula is C10H9ClO4. The lowest BCUT2D eigenvalue weighted by atomic mass is 10.1. The zero-order chi connectivity index (χ0) is 11.4. The second-order valence-electron chi connectivity index (χ2n) is 2.82. The molecule has 0 bridgehead atoms. The summed E-state index contributed by atoms with van der Waals surface area (Å²) in [5.74, 6) is -1.66. The lowest BCUT2D eigenvalue weighted by Crippen LogP contribution is -2.09. The summed E-state index contributed by atoms with van der Waals surface area (Å²) in [7, 11) is 0. The van der Waals surface area contributed by atoms with Crippen molar-refractivity contribution >= 4 is 23.5 Å². The topological polar surface area (TPSA) is 63.6 Å². The highest BCUT2D eigenvalue weighted by Gasteiger charge is 2.16. The molecule has 0 aliphatic rings. The molecule has 1 N–H and O–H groups in total. The number of alkyl halides is 1. The van der Waals surface area contributed by atoms with E-state index in [2.05, 4.69) is 0 Å². The molecule has 0 fully saturated rings. The van der Waals surface area contributed by atoms with Crippen LogP contribution in [0.2, 0.25) is 0 Å². The number of esters is 1. The van der Waals surface area contributed by atoms with E-state index in [0.29, 0.717) is 5.56 Å². The highest BCUT2D eigenvalue weighted by Crippen LogP contribution is 2.24. The fraction of sp³-hybridized carbons (Fsp3) is 0.200. The van der Waals surface area contributed by atoms with Crippen molar-refractivity contribution in [1.82, 2.24) is 0 Å². The van der Waals surface area contributed by atoms with E-state index in [0.717, 1.165) is 0 Å². The molecule has 1 aromatic rings. The van der Waals surface area contributed by atoms with Crippen molar-refractivity contribution in [3.05, 3.63) is 29.3 Å². The molecule has 0 amide bonds. The van der Waals surface area contributed by atoms with Crippen LogP contribution in [-0.4, -0.2) is 17.0 Å². The van der Waals surface area contributed by atoms with Crippen molar-refractivity contribution in [2.75, 3.05) is 0 Å². The number of benzene rings is 1. The van der Waals surface area contributed by atoms with Gasteiger partial charge >= 0.3 is 11.9 Å². The van der Waals surface area contributed by atoms with Gasteiger partial charge in [-0.15, -0.1) is 11.6 Å². The number of hydrogen-bond acceptors (Lipinski definition) is 3. The Morgan fingerprint density at radius 3 is 2.60 bits per heavy atom. The van der Waals surface area contributed by atoms with Crippen LogP contribution in [0.15, 0.2) is 18.2 Å². The van der Waals surface area contributed by atoms with Crippen LogP contribution in [0.5, 0.6) is 5.75 Å². The molecular weight excluding hydrogens is 220 g/mol. The zero-order valence-corrected chi connectivity index (χ0v) is 8.75. The summed E-state index contributed by atoms with van der Waals surface area (Å²) in [6.07, 6.45) is 0. The highest BCUT2D eigenvalue weighted by molar-refractivity contribution is 6.17. The number of hydrogen-bond donors (Lipinski definition) is 1. The minimum atomic E-state index is -1.16. The standard InChI is InChI=1S/C10H9ClO4/c1-6(12)15-8-4-2-3-7(5-11)9(8)10(13)14/h2-4H,5H2,1H3,(H,13,14). The molecule has 0 unspecified atom stereocenters. The predicted molar refractivity (Wildman–Crippen MR) is 54.3 cm³/mol. The van der Waals surface area contributed by atoms with Crippen LogP contribution >= 0.6 is 11.6 Å². The van der Waals surface area contributed by atoms with Crippen molar-refractivity contribution in [2.24, 2.45) is 0 Å². The second-order valence-corrected chi connectivity index (χ2v) is 3.09. The second kappa shape index (κ2) is 4.79. The van der Waals surface area contributed by atoms with E-state index in [9.17, 15) is 9.59 Å². The monoisotopic (exact) mass is 228 g/mol. The van der Waals surface area contributed by atoms with E-state index in [1.165, 1.54) is 13.0 Å². The van der Waals surface area contributed by atoms with Crippen LogP contribution in [0.1, 0.15) is 22.8 Å². The van der Waals surface area contributed by atoms with Crippen molar-refractivity contribution in [3.8, 4) is 5.75 Å². The highest BCUT2D eigenvalue weighted by atomic mass is 35.5. The molecule has 0 radical (unpaired) electrons. The van der Waals surface area contributed by atoms with E-state index < -0.39 is 11.9 Å². The van der Waals surface area contributed by atoms with Gasteiger partial charge in [0.15, 0.2) is 0 Å². The minimum absolute atomic E-state index is 0.0214. The van der Waals surface area contributed by atoms with Crippen molar-refractivity contribution in [1.29, 1.82) is 0 Å². The summed E-state index contributed by atoms with van der Waals surface area (Å²) in [5.41, 5.74) is 0.352. The van der Waals surface area contributed by atoms with Gasteiger partial charge in [-0.25, -0.2) is 4.79 Å². The van der Waals surface area contributed by atoms with E-state index in [1.807, 2.05) is 0 Å². The molecule has 0 aliphatic heterocycles. The van der Waals surface area contributed by atoms with Crippen LogP contribution in [-0.2, 0) is 10.7 Å². The van der Waals surface area contributed by atoms with Crippen LogP contribution in [0.3, 0.4) is 0 Å². The summed E-state index contributed by atoms with van der Waals surface area (Å²) >= 11 is 5.58. The first-order valence-electron chi connectivity index (χ1n) is 4.15. The van der Waals surface area contributed by atoms with Crippen molar-refractivity contribution in [3.63, 3.8) is 0 Å². The molecule has 0 heterocycles. The zero-order valence-electron chi connectivity index (χ0n) is 7.99.